The van der Waals surface area contributed by atoms with Crippen LogP contribution in [0.25, 0.3) is 0 Å². The fourth-order valence-electron chi connectivity index (χ4n) is 2.23. The van der Waals surface area contributed by atoms with Crippen molar-refractivity contribution in [1.29, 1.82) is 0 Å². The molecule has 1 aromatic heterocycles. The zero-order chi connectivity index (χ0) is 13.6. The molecule has 2 N–H and O–H groups in total. The van der Waals surface area contributed by atoms with Gasteiger partial charge in [0.2, 0.25) is 0 Å². The number of nitrogens with one attached hydrogen (secondary N) is 2. The van der Waals surface area contributed by atoms with Crippen LogP contribution in [0.5, 0.6) is 0 Å². The highest BCUT2D eigenvalue weighted by Gasteiger charge is 2.03. The molecular weight excluding hydrogens is 246 g/mol. The molecule has 0 amide bonds. The van der Waals surface area contributed by atoms with Gasteiger partial charge in [0.05, 0.1) is 18.6 Å². The SMILES string of the molecule is c1ccc(Cc2ccccc2NCc2cnc[nH]2)cc1. The number of hydrogen-bond acceptors (Lipinski definition) is 2. The number of nitrogens with zero attached hydrogens (tertiary/aromatic N) is 1. The van der Waals surface area contributed by atoms with Crippen molar-refractivity contribution in [2.75, 3.05) is 5.32 Å². The van der Waals surface area contributed by atoms with E-state index >= 15 is 0 Å². The van der Waals surface area contributed by atoms with E-state index in [0.717, 1.165) is 18.7 Å². The number of aromatic nitrogens is 2. The largest absolute Gasteiger partial charge is 0.379 e. The Morgan fingerprint density at radius 2 is 1.75 bits per heavy atom. The summed E-state index contributed by atoms with van der Waals surface area (Å²) in [6.07, 6.45) is 4.48. The third-order valence-corrected chi connectivity index (χ3v) is 3.28. The highest BCUT2D eigenvalue weighted by Crippen LogP contribution is 2.19. The lowest BCUT2D eigenvalue weighted by molar-refractivity contribution is 1.06. The zero-order valence-electron chi connectivity index (χ0n) is 11.2. The van der Waals surface area contributed by atoms with E-state index in [0.29, 0.717) is 0 Å². The van der Waals surface area contributed by atoms with Crippen LogP contribution in [0, 0.1) is 0 Å². The Balaban J connectivity index is 1.74. The van der Waals surface area contributed by atoms with Gasteiger partial charge >= 0.3 is 0 Å². The van der Waals surface area contributed by atoms with Crippen molar-refractivity contribution < 1.29 is 0 Å². The van der Waals surface area contributed by atoms with Crippen LogP contribution in [0.15, 0.2) is 67.1 Å². The molecule has 3 nitrogen and oxygen atoms in total. The van der Waals surface area contributed by atoms with Crippen molar-refractivity contribution in [2.24, 2.45) is 0 Å². The Hall–Kier alpha value is -2.55. The Morgan fingerprint density at radius 1 is 0.950 bits per heavy atom. The molecule has 0 radical (unpaired) electrons. The number of anilines is 1. The highest BCUT2D eigenvalue weighted by molar-refractivity contribution is 5.52. The average molecular weight is 263 g/mol. The molecule has 0 saturated carbocycles. The fraction of sp³-hybridized carbons (Fsp3) is 0.118. The highest BCUT2D eigenvalue weighted by atomic mass is 14.9. The van der Waals surface area contributed by atoms with Gasteiger partial charge in [0, 0.05) is 11.9 Å². The van der Waals surface area contributed by atoms with Gasteiger partial charge in [-0.15, -0.1) is 0 Å². The third kappa shape index (κ3) is 3.06. The van der Waals surface area contributed by atoms with Crippen LogP contribution < -0.4 is 5.32 Å². The summed E-state index contributed by atoms with van der Waals surface area (Å²) in [4.78, 5) is 7.13. The van der Waals surface area contributed by atoms with Crippen molar-refractivity contribution in [3.05, 3.63) is 83.9 Å². The van der Waals surface area contributed by atoms with E-state index in [1.807, 2.05) is 12.3 Å². The van der Waals surface area contributed by atoms with Crippen LogP contribution >= 0.6 is 0 Å². The molecule has 0 unspecified atom stereocenters. The Labute approximate surface area is 118 Å². The first-order chi connectivity index (χ1) is 9.92. The quantitative estimate of drug-likeness (QED) is 0.738. The standard InChI is InChI=1S/C17H17N3/c1-2-6-14(7-3-1)10-15-8-4-5-9-17(15)19-12-16-11-18-13-20-16/h1-9,11,13,19H,10,12H2,(H,18,20). The maximum Gasteiger partial charge on any atom is 0.0922 e. The molecule has 3 aromatic rings. The topological polar surface area (TPSA) is 40.7 Å². The number of H-pyrrole nitrogens is 1. The van der Waals surface area contributed by atoms with Gasteiger partial charge in [-0.2, -0.15) is 0 Å². The van der Waals surface area contributed by atoms with Crippen LogP contribution in [-0.2, 0) is 13.0 Å². The molecule has 0 aliphatic heterocycles. The molecule has 20 heavy (non-hydrogen) atoms. The van der Waals surface area contributed by atoms with Crippen LogP contribution in [0.2, 0.25) is 0 Å². The van der Waals surface area contributed by atoms with Crippen molar-refractivity contribution in [2.45, 2.75) is 13.0 Å². The van der Waals surface area contributed by atoms with Crippen molar-refractivity contribution in [1.82, 2.24) is 9.97 Å². The minimum atomic E-state index is 0.756. The summed E-state index contributed by atoms with van der Waals surface area (Å²) >= 11 is 0. The maximum atomic E-state index is 4.03. The third-order valence-electron chi connectivity index (χ3n) is 3.28. The van der Waals surface area contributed by atoms with Crippen molar-refractivity contribution in [3.63, 3.8) is 0 Å². The number of rotatable bonds is 5. The normalized spacial score (nSPS) is 10.4. The van der Waals surface area contributed by atoms with E-state index in [1.54, 1.807) is 6.33 Å². The van der Waals surface area contributed by atoms with Crippen molar-refractivity contribution >= 4 is 5.69 Å². The summed E-state index contributed by atoms with van der Waals surface area (Å²) in [6, 6.07) is 19.0. The summed E-state index contributed by atoms with van der Waals surface area (Å²) in [5, 5.41) is 3.46. The molecular formula is C17H17N3. The second-order valence-corrected chi connectivity index (χ2v) is 4.75. The zero-order valence-corrected chi connectivity index (χ0v) is 11.2. The van der Waals surface area contributed by atoms with Gasteiger partial charge in [-0.1, -0.05) is 48.5 Å². The van der Waals surface area contributed by atoms with Gasteiger partial charge in [0.15, 0.2) is 0 Å². The minimum absolute atomic E-state index is 0.756. The first-order valence-electron chi connectivity index (χ1n) is 6.75. The summed E-state index contributed by atoms with van der Waals surface area (Å²) in [5.74, 6) is 0. The lowest BCUT2D eigenvalue weighted by Gasteiger charge is -2.11. The molecule has 1 heterocycles. The molecule has 0 atom stereocenters. The van der Waals surface area contributed by atoms with Gasteiger partial charge in [0.1, 0.15) is 0 Å². The molecule has 2 aromatic carbocycles. The predicted octanol–water partition coefficient (Wildman–Crippen LogP) is 3.61. The molecule has 0 bridgehead atoms. The molecule has 100 valence electrons. The second kappa shape index (κ2) is 6.06. The second-order valence-electron chi connectivity index (χ2n) is 4.75. The number of benzene rings is 2. The maximum absolute atomic E-state index is 4.03. The van der Waals surface area contributed by atoms with E-state index in [1.165, 1.54) is 16.8 Å². The molecule has 0 spiro atoms. The van der Waals surface area contributed by atoms with E-state index in [2.05, 4.69) is 63.8 Å². The predicted molar refractivity (Wildman–Crippen MR) is 81.6 cm³/mol. The van der Waals surface area contributed by atoms with Gasteiger partial charge < -0.3 is 10.3 Å². The number of hydrogen-bond donors (Lipinski definition) is 2. The van der Waals surface area contributed by atoms with Gasteiger partial charge in [-0.05, 0) is 23.6 Å². The van der Waals surface area contributed by atoms with E-state index in [4.69, 9.17) is 0 Å². The summed E-state index contributed by atoms with van der Waals surface area (Å²) < 4.78 is 0. The molecule has 0 saturated heterocycles. The smallest absolute Gasteiger partial charge is 0.0922 e. The van der Waals surface area contributed by atoms with E-state index in [-0.39, 0.29) is 0 Å². The number of imidazole rings is 1. The average Bonchev–Trinajstić information content (AvgIpc) is 3.01. The van der Waals surface area contributed by atoms with Gasteiger partial charge in [-0.3, -0.25) is 0 Å². The fourth-order valence-corrected chi connectivity index (χ4v) is 2.23. The molecule has 0 aliphatic rings. The Kier molecular flexibility index (Phi) is 3.78. The lowest BCUT2D eigenvalue weighted by atomic mass is 10.0. The molecule has 0 fully saturated rings. The lowest BCUT2D eigenvalue weighted by Crippen LogP contribution is -2.03. The monoisotopic (exact) mass is 263 g/mol. The van der Waals surface area contributed by atoms with E-state index < -0.39 is 0 Å². The minimum Gasteiger partial charge on any atom is -0.379 e. The summed E-state index contributed by atoms with van der Waals surface area (Å²) in [7, 11) is 0. The summed E-state index contributed by atoms with van der Waals surface area (Å²) in [6.45, 7) is 0.756. The van der Waals surface area contributed by atoms with Crippen LogP contribution in [0.1, 0.15) is 16.8 Å². The molecule has 3 heteroatoms. The first kappa shape index (κ1) is 12.5. The van der Waals surface area contributed by atoms with Crippen molar-refractivity contribution in [3.8, 4) is 0 Å². The number of aromatic amines is 1. The van der Waals surface area contributed by atoms with Crippen LogP contribution in [0.3, 0.4) is 0 Å². The molecule has 0 aliphatic carbocycles. The molecule has 3 rings (SSSR count). The first-order valence-corrected chi connectivity index (χ1v) is 6.75. The van der Waals surface area contributed by atoms with Gasteiger partial charge in [-0.25, -0.2) is 4.98 Å². The Bertz CT molecular complexity index is 645. The van der Waals surface area contributed by atoms with E-state index in [9.17, 15) is 0 Å². The summed E-state index contributed by atoms with van der Waals surface area (Å²) in [5.41, 5.74) is 4.88. The number of para-hydroxylation sites is 1. The van der Waals surface area contributed by atoms with Gasteiger partial charge in [0.25, 0.3) is 0 Å². The Morgan fingerprint density at radius 3 is 2.55 bits per heavy atom. The van der Waals surface area contributed by atoms with Crippen LogP contribution in [0.4, 0.5) is 5.69 Å². The van der Waals surface area contributed by atoms with Crippen LogP contribution in [-0.4, -0.2) is 9.97 Å².